The third kappa shape index (κ3) is 4.73. The summed E-state index contributed by atoms with van der Waals surface area (Å²) in [6.45, 7) is 4.68. The summed E-state index contributed by atoms with van der Waals surface area (Å²) in [4.78, 5) is 4.17. The highest BCUT2D eigenvalue weighted by Crippen LogP contribution is 2.34. The second-order valence-corrected chi connectivity index (χ2v) is 4.74. The van der Waals surface area contributed by atoms with Gasteiger partial charge in [-0.1, -0.05) is 0 Å². The molecule has 0 saturated carbocycles. The maximum Gasteiger partial charge on any atom is 0.191 e. The van der Waals surface area contributed by atoms with Gasteiger partial charge in [-0.25, -0.2) is 0 Å². The second kappa shape index (κ2) is 8.24. The Morgan fingerprint density at radius 3 is 2.10 bits per heavy atom. The van der Waals surface area contributed by atoms with E-state index in [0.29, 0.717) is 24.1 Å². The number of hydrogen-bond donors (Lipinski definition) is 2. The lowest BCUT2D eigenvalue weighted by atomic mass is 10.1. The molecular weight excluding hydrogens is 270 g/mol. The molecule has 0 aromatic heterocycles. The summed E-state index contributed by atoms with van der Waals surface area (Å²) < 4.78 is 16.0. The SMILES string of the molecule is CN=C(NCc1cc(OC)c(OC)cc1OC)NC(C)C. The van der Waals surface area contributed by atoms with Gasteiger partial charge < -0.3 is 24.8 Å². The molecule has 118 valence electrons. The van der Waals surface area contributed by atoms with Crippen LogP contribution in [-0.2, 0) is 6.54 Å². The monoisotopic (exact) mass is 295 g/mol. The number of nitrogens with zero attached hydrogens (tertiary/aromatic N) is 1. The van der Waals surface area contributed by atoms with Gasteiger partial charge in [0.05, 0.1) is 21.3 Å². The lowest BCUT2D eigenvalue weighted by molar-refractivity contribution is 0.347. The number of rotatable bonds is 6. The third-order valence-electron chi connectivity index (χ3n) is 2.88. The van der Waals surface area contributed by atoms with Crippen molar-refractivity contribution >= 4 is 5.96 Å². The molecule has 1 aromatic rings. The molecule has 0 saturated heterocycles. The van der Waals surface area contributed by atoms with Crippen molar-refractivity contribution in [2.45, 2.75) is 26.4 Å². The average Bonchev–Trinajstić information content (AvgIpc) is 2.49. The van der Waals surface area contributed by atoms with E-state index in [-0.39, 0.29) is 0 Å². The van der Waals surface area contributed by atoms with E-state index in [4.69, 9.17) is 14.2 Å². The molecule has 0 fully saturated rings. The van der Waals surface area contributed by atoms with E-state index < -0.39 is 0 Å². The Kier molecular flexibility index (Phi) is 6.65. The number of benzene rings is 1. The quantitative estimate of drug-likeness (QED) is 0.619. The Morgan fingerprint density at radius 2 is 1.62 bits per heavy atom. The molecule has 6 heteroatoms. The van der Waals surface area contributed by atoms with Crippen molar-refractivity contribution in [3.05, 3.63) is 17.7 Å². The highest BCUT2D eigenvalue weighted by atomic mass is 16.5. The number of aliphatic imine (C=N–C) groups is 1. The molecule has 0 radical (unpaired) electrons. The normalized spacial score (nSPS) is 11.3. The number of guanidine groups is 1. The van der Waals surface area contributed by atoms with Gasteiger partial charge in [0, 0.05) is 31.3 Å². The van der Waals surface area contributed by atoms with Crippen molar-refractivity contribution in [3.63, 3.8) is 0 Å². The fourth-order valence-electron chi connectivity index (χ4n) is 1.88. The molecule has 0 aliphatic heterocycles. The zero-order valence-electron chi connectivity index (χ0n) is 13.6. The van der Waals surface area contributed by atoms with Gasteiger partial charge in [-0.3, -0.25) is 4.99 Å². The molecular formula is C15H25N3O3. The standard InChI is InChI=1S/C15H25N3O3/c1-10(2)18-15(16-3)17-9-11-7-13(20-5)14(21-6)8-12(11)19-4/h7-8,10H,9H2,1-6H3,(H2,16,17,18). The van der Waals surface area contributed by atoms with E-state index in [0.717, 1.165) is 17.3 Å². The topological polar surface area (TPSA) is 64.1 Å². The van der Waals surface area contributed by atoms with Crippen LogP contribution in [0.2, 0.25) is 0 Å². The smallest absolute Gasteiger partial charge is 0.191 e. The summed E-state index contributed by atoms with van der Waals surface area (Å²) in [6.07, 6.45) is 0. The Bertz CT molecular complexity index is 487. The first kappa shape index (κ1) is 16.9. The van der Waals surface area contributed by atoms with Crippen LogP contribution in [0, 0.1) is 0 Å². The summed E-state index contributed by atoms with van der Waals surface area (Å²) in [5, 5.41) is 6.47. The molecule has 1 aromatic carbocycles. The molecule has 0 spiro atoms. The molecule has 21 heavy (non-hydrogen) atoms. The first-order valence-corrected chi connectivity index (χ1v) is 6.81. The van der Waals surface area contributed by atoms with Crippen LogP contribution < -0.4 is 24.8 Å². The maximum atomic E-state index is 5.40. The van der Waals surface area contributed by atoms with Crippen LogP contribution in [0.15, 0.2) is 17.1 Å². The van der Waals surface area contributed by atoms with Gasteiger partial charge in [0.1, 0.15) is 5.75 Å². The minimum atomic E-state index is 0.309. The molecule has 0 amide bonds. The predicted octanol–water partition coefficient (Wildman–Crippen LogP) is 1.79. The van der Waals surface area contributed by atoms with Gasteiger partial charge in [-0.2, -0.15) is 0 Å². The van der Waals surface area contributed by atoms with Crippen LogP contribution >= 0.6 is 0 Å². The van der Waals surface area contributed by atoms with E-state index in [1.54, 1.807) is 28.4 Å². The van der Waals surface area contributed by atoms with E-state index in [1.807, 2.05) is 12.1 Å². The van der Waals surface area contributed by atoms with Crippen molar-refractivity contribution in [2.75, 3.05) is 28.4 Å². The van der Waals surface area contributed by atoms with E-state index in [2.05, 4.69) is 29.5 Å². The fraction of sp³-hybridized carbons (Fsp3) is 0.533. The highest BCUT2D eigenvalue weighted by molar-refractivity contribution is 5.80. The molecule has 0 heterocycles. The van der Waals surface area contributed by atoms with Crippen LogP contribution in [0.3, 0.4) is 0 Å². The van der Waals surface area contributed by atoms with E-state index >= 15 is 0 Å². The van der Waals surface area contributed by atoms with Crippen LogP contribution in [0.25, 0.3) is 0 Å². The van der Waals surface area contributed by atoms with Crippen molar-refractivity contribution in [3.8, 4) is 17.2 Å². The Hall–Kier alpha value is -2.11. The van der Waals surface area contributed by atoms with Gasteiger partial charge in [-0.15, -0.1) is 0 Å². The van der Waals surface area contributed by atoms with Crippen LogP contribution in [-0.4, -0.2) is 40.4 Å². The minimum Gasteiger partial charge on any atom is -0.496 e. The Morgan fingerprint density at radius 1 is 1.05 bits per heavy atom. The summed E-state index contributed by atoms with van der Waals surface area (Å²) >= 11 is 0. The Labute approximate surface area is 126 Å². The van der Waals surface area contributed by atoms with Crippen molar-refractivity contribution in [2.24, 2.45) is 4.99 Å². The van der Waals surface area contributed by atoms with Crippen molar-refractivity contribution in [1.29, 1.82) is 0 Å². The molecule has 0 aliphatic rings. The predicted molar refractivity (Wildman–Crippen MR) is 84.6 cm³/mol. The number of ether oxygens (including phenoxy) is 3. The van der Waals surface area contributed by atoms with Crippen molar-refractivity contribution in [1.82, 2.24) is 10.6 Å². The van der Waals surface area contributed by atoms with E-state index in [1.165, 1.54) is 0 Å². The van der Waals surface area contributed by atoms with E-state index in [9.17, 15) is 0 Å². The molecule has 0 bridgehead atoms. The summed E-state index contributed by atoms with van der Waals surface area (Å²) in [6, 6.07) is 4.02. The highest BCUT2D eigenvalue weighted by Gasteiger charge is 2.12. The summed E-state index contributed by atoms with van der Waals surface area (Å²) in [7, 11) is 6.58. The fourth-order valence-corrected chi connectivity index (χ4v) is 1.88. The Balaban J connectivity index is 2.91. The number of methoxy groups -OCH3 is 3. The molecule has 6 nitrogen and oxygen atoms in total. The third-order valence-corrected chi connectivity index (χ3v) is 2.88. The van der Waals surface area contributed by atoms with Crippen molar-refractivity contribution < 1.29 is 14.2 Å². The summed E-state index contributed by atoms with van der Waals surface area (Å²) in [5.41, 5.74) is 0.960. The van der Waals surface area contributed by atoms with Gasteiger partial charge >= 0.3 is 0 Å². The van der Waals surface area contributed by atoms with Gasteiger partial charge in [-0.05, 0) is 19.9 Å². The zero-order chi connectivity index (χ0) is 15.8. The lowest BCUT2D eigenvalue weighted by Crippen LogP contribution is -2.40. The zero-order valence-corrected chi connectivity index (χ0v) is 13.6. The second-order valence-electron chi connectivity index (χ2n) is 4.74. The van der Waals surface area contributed by atoms with Gasteiger partial charge in [0.15, 0.2) is 17.5 Å². The largest absolute Gasteiger partial charge is 0.496 e. The van der Waals surface area contributed by atoms with Gasteiger partial charge in [0.2, 0.25) is 0 Å². The average molecular weight is 295 g/mol. The molecule has 1 rings (SSSR count). The number of hydrogen-bond acceptors (Lipinski definition) is 4. The molecule has 0 unspecified atom stereocenters. The minimum absolute atomic E-state index is 0.309. The molecule has 0 atom stereocenters. The first-order chi connectivity index (χ1) is 10.0. The molecule has 0 aliphatic carbocycles. The van der Waals surface area contributed by atoms with Crippen LogP contribution in [0.5, 0.6) is 17.2 Å². The lowest BCUT2D eigenvalue weighted by Gasteiger charge is -2.17. The summed E-state index contributed by atoms with van der Waals surface area (Å²) in [5.74, 6) is 2.78. The first-order valence-electron chi connectivity index (χ1n) is 6.81. The molecule has 2 N–H and O–H groups in total. The van der Waals surface area contributed by atoms with Crippen LogP contribution in [0.4, 0.5) is 0 Å². The maximum absolute atomic E-state index is 5.40. The van der Waals surface area contributed by atoms with Crippen LogP contribution in [0.1, 0.15) is 19.4 Å². The number of nitrogens with one attached hydrogen (secondary N) is 2. The van der Waals surface area contributed by atoms with Gasteiger partial charge in [0.25, 0.3) is 0 Å².